The van der Waals surface area contributed by atoms with Crippen molar-refractivity contribution in [1.82, 2.24) is 0 Å². The molecule has 0 N–H and O–H groups in total. The van der Waals surface area contributed by atoms with Gasteiger partial charge in [-0.2, -0.15) is 17.2 Å². The zero-order chi connectivity index (χ0) is 23.4. The molecular weight excluding hydrogens is 478 g/mol. The second-order valence-corrected chi connectivity index (χ2v) is 12.4. The number of benzene rings is 2. The van der Waals surface area contributed by atoms with Crippen molar-refractivity contribution < 1.29 is 29.8 Å². The molecule has 174 valence electrons. The van der Waals surface area contributed by atoms with Crippen molar-refractivity contribution in [2.45, 2.75) is 53.4 Å². The summed E-state index contributed by atoms with van der Waals surface area (Å²) in [5, 5.41) is 0.849. The molecule has 2 aromatic rings. The van der Waals surface area contributed by atoms with Crippen LogP contribution in [0.2, 0.25) is 0 Å². The van der Waals surface area contributed by atoms with Gasteiger partial charge >= 0.3 is 14.7 Å². The Kier molecular flexibility index (Phi) is 7.67. The SMILES string of the molecule is Cc1ccc(S(=O)(=O)O/C(=C/SC(F)(F)S(=O)(=O)c2ccccc2)C2CCCCC2)cc1. The van der Waals surface area contributed by atoms with E-state index in [2.05, 4.69) is 0 Å². The van der Waals surface area contributed by atoms with Crippen molar-refractivity contribution in [3.63, 3.8) is 0 Å². The van der Waals surface area contributed by atoms with Crippen molar-refractivity contribution in [2.24, 2.45) is 5.92 Å². The summed E-state index contributed by atoms with van der Waals surface area (Å²) in [6, 6.07) is 12.4. The van der Waals surface area contributed by atoms with Crippen LogP contribution in [0, 0.1) is 12.8 Å². The zero-order valence-corrected chi connectivity index (χ0v) is 19.9. The molecule has 3 rings (SSSR count). The first-order valence-corrected chi connectivity index (χ1v) is 13.9. The molecule has 0 heterocycles. The fraction of sp³-hybridized carbons (Fsp3) is 0.364. The van der Waals surface area contributed by atoms with Gasteiger partial charge in [0.2, 0.25) is 0 Å². The summed E-state index contributed by atoms with van der Waals surface area (Å²) in [7, 11) is -9.24. The van der Waals surface area contributed by atoms with Gasteiger partial charge in [0, 0.05) is 11.3 Å². The molecular formula is C22H24F2O5S3. The van der Waals surface area contributed by atoms with Gasteiger partial charge in [-0.15, -0.1) is 0 Å². The second kappa shape index (κ2) is 9.93. The van der Waals surface area contributed by atoms with Gasteiger partial charge in [0.15, 0.2) is 0 Å². The van der Waals surface area contributed by atoms with Crippen LogP contribution in [0.3, 0.4) is 0 Å². The van der Waals surface area contributed by atoms with E-state index in [0.717, 1.165) is 42.4 Å². The fourth-order valence-electron chi connectivity index (χ4n) is 3.38. The summed E-state index contributed by atoms with van der Waals surface area (Å²) in [4.78, 5) is -0.614. The van der Waals surface area contributed by atoms with Crippen LogP contribution >= 0.6 is 11.8 Å². The lowest BCUT2D eigenvalue weighted by molar-refractivity contribution is 0.196. The molecule has 0 unspecified atom stereocenters. The molecule has 5 nitrogen and oxygen atoms in total. The molecule has 0 amide bonds. The average Bonchev–Trinajstić information content (AvgIpc) is 2.78. The smallest absolute Gasteiger partial charge is 0.383 e. The van der Waals surface area contributed by atoms with Crippen molar-refractivity contribution >= 4 is 31.7 Å². The van der Waals surface area contributed by atoms with E-state index in [0.29, 0.717) is 12.8 Å². The van der Waals surface area contributed by atoms with Crippen molar-refractivity contribution in [2.75, 3.05) is 0 Å². The van der Waals surface area contributed by atoms with E-state index in [-0.39, 0.29) is 28.3 Å². The molecule has 1 fully saturated rings. The summed E-state index contributed by atoms with van der Waals surface area (Å²) in [5.41, 5.74) is 0.855. The molecule has 0 radical (unpaired) electrons. The molecule has 0 atom stereocenters. The Morgan fingerprint density at radius 1 is 0.938 bits per heavy atom. The minimum absolute atomic E-state index is 0.0986. The van der Waals surface area contributed by atoms with Gasteiger partial charge in [-0.25, -0.2) is 8.42 Å². The Bertz CT molecular complexity index is 1150. The van der Waals surface area contributed by atoms with Crippen LogP contribution in [-0.2, 0) is 24.1 Å². The maximum Gasteiger partial charge on any atom is 0.401 e. The minimum atomic E-state index is -4.99. The lowest BCUT2D eigenvalue weighted by atomic mass is 9.88. The number of aryl methyl sites for hydroxylation is 1. The molecule has 1 aliphatic carbocycles. The van der Waals surface area contributed by atoms with Gasteiger partial charge in [-0.05, 0) is 55.8 Å². The fourth-order valence-corrected chi connectivity index (χ4v) is 6.67. The molecule has 0 aromatic heterocycles. The number of halogens is 2. The van der Waals surface area contributed by atoms with Crippen molar-refractivity contribution in [3.05, 3.63) is 71.3 Å². The molecule has 10 heteroatoms. The largest absolute Gasteiger partial charge is 0.401 e. The van der Waals surface area contributed by atoms with Gasteiger partial charge < -0.3 is 4.18 Å². The van der Waals surface area contributed by atoms with Crippen LogP contribution in [0.4, 0.5) is 8.78 Å². The Hall–Kier alpha value is -1.91. The number of hydrogen-bond acceptors (Lipinski definition) is 6. The first kappa shape index (κ1) is 24.7. The van der Waals surface area contributed by atoms with Gasteiger partial charge in [0.05, 0.1) is 4.90 Å². The third kappa shape index (κ3) is 5.71. The van der Waals surface area contributed by atoms with Gasteiger partial charge in [0.25, 0.3) is 9.84 Å². The van der Waals surface area contributed by atoms with E-state index in [1.54, 1.807) is 19.1 Å². The van der Waals surface area contributed by atoms with E-state index in [1.165, 1.54) is 30.3 Å². The predicted octanol–water partition coefficient (Wildman–Crippen LogP) is 5.88. The quantitative estimate of drug-likeness (QED) is 0.331. The van der Waals surface area contributed by atoms with Gasteiger partial charge in [-0.1, -0.05) is 55.2 Å². The van der Waals surface area contributed by atoms with Crippen LogP contribution < -0.4 is 0 Å². The van der Waals surface area contributed by atoms with E-state index in [9.17, 15) is 25.6 Å². The Morgan fingerprint density at radius 2 is 1.53 bits per heavy atom. The monoisotopic (exact) mass is 502 g/mol. The molecule has 0 bridgehead atoms. The standard InChI is InChI=1S/C22H24F2O5S3/c1-17-12-14-20(15-13-17)32(27,28)29-21(18-8-4-2-5-9-18)16-30-22(23,24)31(25,26)19-10-6-3-7-11-19/h3,6-7,10-16,18H,2,4-5,8-9H2,1H3/b21-16+. The first-order chi connectivity index (χ1) is 15.0. The average molecular weight is 503 g/mol. The topological polar surface area (TPSA) is 77.5 Å². The highest BCUT2D eigenvalue weighted by molar-refractivity contribution is 8.15. The third-order valence-electron chi connectivity index (χ3n) is 5.20. The van der Waals surface area contributed by atoms with E-state index in [1.807, 2.05) is 0 Å². The van der Waals surface area contributed by atoms with E-state index >= 15 is 0 Å². The van der Waals surface area contributed by atoms with Crippen LogP contribution in [-0.4, -0.2) is 21.4 Å². The number of allylic oxidation sites excluding steroid dienone is 1. The number of thioether (sulfide) groups is 1. The molecule has 2 aromatic carbocycles. The molecule has 0 spiro atoms. The summed E-state index contributed by atoms with van der Waals surface area (Å²) in [6.45, 7) is 1.80. The summed E-state index contributed by atoms with van der Waals surface area (Å²) in [5.74, 6) is -0.537. The molecule has 1 aliphatic rings. The normalized spacial score (nSPS) is 16.7. The lowest BCUT2D eigenvalue weighted by Gasteiger charge is -2.24. The number of hydrogen-bond donors (Lipinski definition) is 0. The summed E-state index contributed by atoms with van der Waals surface area (Å²) >= 11 is -0.252. The van der Waals surface area contributed by atoms with Crippen LogP contribution in [0.5, 0.6) is 0 Å². The van der Waals surface area contributed by atoms with Gasteiger partial charge in [-0.3, -0.25) is 0 Å². The molecule has 32 heavy (non-hydrogen) atoms. The van der Waals surface area contributed by atoms with Crippen molar-refractivity contribution in [3.8, 4) is 0 Å². The molecule has 1 saturated carbocycles. The number of rotatable bonds is 8. The molecule has 0 saturated heterocycles. The number of sulfone groups is 1. The minimum Gasteiger partial charge on any atom is -0.383 e. The Labute approximate surface area is 191 Å². The summed E-state index contributed by atoms with van der Waals surface area (Å²) in [6.07, 6.45) is 3.72. The maximum atomic E-state index is 14.7. The molecule has 0 aliphatic heterocycles. The van der Waals surface area contributed by atoms with Gasteiger partial charge in [0.1, 0.15) is 10.7 Å². The lowest BCUT2D eigenvalue weighted by Crippen LogP contribution is -2.25. The number of alkyl halides is 2. The third-order valence-corrected chi connectivity index (χ3v) is 9.55. The van der Waals surface area contributed by atoms with Crippen LogP contribution in [0.25, 0.3) is 0 Å². The highest BCUT2D eigenvalue weighted by atomic mass is 32.3. The van der Waals surface area contributed by atoms with Crippen molar-refractivity contribution in [1.29, 1.82) is 0 Å². The predicted molar refractivity (Wildman–Crippen MR) is 120 cm³/mol. The highest BCUT2D eigenvalue weighted by Gasteiger charge is 2.46. The Morgan fingerprint density at radius 3 is 2.12 bits per heavy atom. The van der Waals surface area contributed by atoms with E-state index < -0.39 is 29.4 Å². The first-order valence-electron chi connectivity index (χ1n) is 10.1. The maximum absolute atomic E-state index is 14.7. The zero-order valence-electron chi connectivity index (χ0n) is 17.4. The Balaban J connectivity index is 1.90. The second-order valence-electron chi connectivity index (χ2n) is 7.60. The summed E-state index contributed by atoms with van der Waals surface area (Å²) < 4.78 is 80.9. The highest BCUT2D eigenvalue weighted by Crippen LogP contribution is 2.42. The van der Waals surface area contributed by atoms with Crippen LogP contribution in [0.1, 0.15) is 37.7 Å². The van der Waals surface area contributed by atoms with Crippen LogP contribution in [0.15, 0.2) is 75.6 Å². The van der Waals surface area contributed by atoms with E-state index in [4.69, 9.17) is 4.18 Å².